The largest absolute Gasteiger partial charge is 0.506 e. The maximum atomic E-state index is 13.0. The molecule has 0 aliphatic carbocycles. The van der Waals surface area contributed by atoms with Crippen LogP contribution in [0.15, 0.2) is 68.6 Å². The minimum atomic E-state index is -0.885. The Morgan fingerprint density at radius 1 is 1.13 bits per heavy atom. The number of hydrogen-bond acceptors (Lipinski definition) is 7. The van der Waals surface area contributed by atoms with Gasteiger partial charge in [0.25, 0.3) is 0 Å². The number of carbonyl (C=O) groups is 2. The van der Waals surface area contributed by atoms with Crippen LogP contribution < -0.4 is 10.9 Å². The van der Waals surface area contributed by atoms with Crippen LogP contribution in [0.3, 0.4) is 0 Å². The topological polar surface area (TPSA) is 126 Å². The molecule has 8 heteroatoms. The van der Waals surface area contributed by atoms with Gasteiger partial charge < -0.3 is 19.4 Å². The third kappa shape index (κ3) is 10.9. The third-order valence-electron chi connectivity index (χ3n) is 6.44. The summed E-state index contributed by atoms with van der Waals surface area (Å²) in [6.07, 6.45) is 14.6. The average molecular weight is 542 g/mol. The number of methoxy groups -OCH3 is 1. The Balaban J connectivity index is 2.92. The highest BCUT2D eigenvalue weighted by atomic mass is 16.5. The van der Waals surface area contributed by atoms with E-state index in [1.165, 1.54) is 13.3 Å². The highest BCUT2D eigenvalue weighted by molar-refractivity contribution is 6.10. The second kappa shape index (κ2) is 17.0. The fourth-order valence-electron chi connectivity index (χ4n) is 3.79. The van der Waals surface area contributed by atoms with Crippen LogP contribution in [0.25, 0.3) is 0 Å². The summed E-state index contributed by atoms with van der Waals surface area (Å²) in [4.78, 5) is 36.8. The fourth-order valence-corrected chi connectivity index (χ4v) is 3.79. The highest BCUT2D eigenvalue weighted by Gasteiger charge is 2.25. The molecule has 1 unspecified atom stereocenters. The van der Waals surface area contributed by atoms with Crippen LogP contribution in [0.2, 0.25) is 0 Å². The van der Waals surface area contributed by atoms with Gasteiger partial charge in [0.15, 0.2) is 5.78 Å². The van der Waals surface area contributed by atoms with Crippen LogP contribution in [-0.4, -0.2) is 35.3 Å². The minimum absolute atomic E-state index is 0.213. The van der Waals surface area contributed by atoms with Gasteiger partial charge in [-0.2, -0.15) is 0 Å². The number of ether oxygens (including phenoxy) is 1. The van der Waals surface area contributed by atoms with Gasteiger partial charge in [0, 0.05) is 17.7 Å². The zero-order chi connectivity index (χ0) is 29.5. The predicted molar refractivity (Wildman–Crippen MR) is 154 cm³/mol. The molecule has 214 valence electrons. The molecule has 39 heavy (non-hydrogen) atoms. The second-order valence-electron chi connectivity index (χ2n) is 9.62. The van der Waals surface area contributed by atoms with Gasteiger partial charge in [0.2, 0.25) is 0 Å². The van der Waals surface area contributed by atoms with Crippen molar-refractivity contribution in [3.8, 4) is 5.75 Å². The van der Waals surface area contributed by atoms with Crippen LogP contribution in [-0.2, 0) is 4.74 Å². The lowest BCUT2D eigenvalue weighted by atomic mass is 9.95. The molecular weight excluding hydrogens is 498 g/mol. The van der Waals surface area contributed by atoms with Crippen molar-refractivity contribution in [1.82, 2.24) is 5.32 Å². The van der Waals surface area contributed by atoms with E-state index < -0.39 is 23.6 Å². The van der Waals surface area contributed by atoms with Gasteiger partial charge in [0.05, 0.1) is 13.2 Å². The molecule has 0 radical (unpaired) electrons. The summed E-state index contributed by atoms with van der Waals surface area (Å²) >= 11 is 0. The van der Waals surface area contributed by atoms with E-state index in [1.807, 2.05) is 45.9 Å². The molecule has 1 aromatic heterocycles. The van der Waals surface area contributed by atoms with Crippen molar-refractivity contribution in [3.05, 3.63) is 86.7 Å². The SMILES string of the molecule is C/C=C/C/C=C(/C)C(O)CC/C(C)=C/C=C(\C)C(=O)c1c(O)c(C)c([C@H](C)CC/C=C/NC(=O)OC)oc1=O. The molecule has 0 saturated carbocycles. The number of alkyl carbamates (subject to hydrolysis) is 1. The Hall–Kier alpha value is -3.65. The van der Waals surface area contributed by atoms with Crippen LogP contribution in [0.5, 0.6) is 5.75 Å². The number of aliphatic hydroxyl groups excluding tert-OH is 1. The number of aliphatic hydroxyl groups is 1. The van der Waals surface area contributed by atoms with Crippen molar-refractivity contribution < 1.29 is 29.0 Å². The number of hydrogen-bond donors (Lipinski definition) is 3. The Labute approximate surface area is 231 Å². The quantitative estimate of drug-likeness (QED) is 0.106. The number of allylic oxidation sites excluding steroid dienone is 8. The molecule has 1 heterocycles. The lowest BCUT2D eigenvalue weighted by Gasteiger charge is -2.14. The number of ketones is 1. The van der Waals surface area contributed by atoms with Crippen molar-refractivity contribution in [3.63, 3.8) is 0 Å². The molecule has 0 spiro atoms. The summed E-state index contributed by atoms with van der Waals surface area (Å²) in [7, 11) is 1.27. The third-order valence-corrected chi connectivity index (χ3v) is 6.44. The summed E-state index contributed by atoms with van der Waals surface area (Å²) in [5.41, 5.74) is 1.24. The van der Waals surface area contributed by atoms with E-state index in [0.29, 0.717) is 37.0 Å². The number of rotatable bonds is 14. The van der Waals surface area contributed by atoms with Gasteiger partial charge in [-0.15, -0.1) is 0 Å². The van der Waals surface area contributed by atoms with E-state index in [2.05, 4.69) is 10.1 Å². The zero-order valence-electron chi connectivity index (χ0n) is 24.2. The molecule has 8 nitrogen and oxygen atoms in total. The molecule has 3 N–H and O–H groups in total. The average Bonchev–Trinajstić information content (AvgIpc) is 2.91. The second-order valence-corrected chi connectivity index (χ2v) is 9.62. The summed E-state index contributed by atoms with van der Waals surface area (Å²) in [6, 6.07) is 0. The van der Waals surface area contributed by atoms with Gasteiger partial charge in [-0.3, -0.25) is 10.1 Å². The number of Topliss-reactive ketones (excluding diaryl/α,β-unsaturated/α-hetero) is 1. The monoisotopic (exact) mass is 541 g/mol. The van der Waals surface area contributed by atoms with Gasteiger partial charge >= 0.3 is 11.7 Å². The molecule has 1 aromatic rings. The molecule has 0 aromatic carbocycles. The fraction of sp³-hybridized carbons (Fsp3) is 0.452. The normalized spacial score (nSPS) is 14.6. The van der Waals surface area contributed by atoms with Crippen molar-refractivity contribution >= 4 is 11.9 Å². The van der Waals surface area contributed by atoms with E-state index in [1.54, 1.807) is 32.1 Å². The molecule has 2 atom stereocenters. The number of aromatic hydroxyl groups is 1. The first kappa shape index (κ1) is 33.4. The van der Waals surface area contributed by atoms with Gasteiger partial charge in [-0.1, -0.05) is 49.0 Å². The highest BCUT2D eigenvalue weighted by Crippen LogP contribution is 2.31. The lowest BCUT2D eigenvalue weighted by molar-refractivity contribution is 0.102. The Bertz CT molecular complexity index is 1200. The molecule has 0 bridgehead atoms. The van der Waals surface area contributed by atoms with Crippen molar-refractivity contribution in [1.29, 1.82) is 0 Å². The van der Waals surface area contributed by atoms with E-state index >= 15 is 0 Å². The van der Waals surface area contributed by atoms with Crippen molar-refractivity contribution in [2.45, 2.75) is 85.7 Å². The Morgan fingerprint density at radius 2 is 1.82 bits per heavy atom. The molecule has 1 amide bonds. The Morgan fingerprint density at radius 3 is 2.46 bits per heavy atom. The van der Waals surface area contributed by atoms with Crippen LogP contribution in [0, 0.1) is 6.92 Å². The molecule has 0 fully saturated rings. The molecular formula is C31H43NO7. The van der Waals surface area contributed by atoms with Gasteiger partial charge in [0.1, 0.15) is 17.1 Å². The molecule has 0 saturated heterocycles. The summed E-state index contributed by atoms with van der Waals surface area (Å²) < 4.78 is 9.96. The van der Waals surface area contributed by atoms with Gasteiger partial charge in [-0.05, 0) is 77.9 Å². The number of carbonyl (C=O) groups excluding carboxylic acids is 2. The standard InChI is InChI=1S/C31H43NO7/c1-8-9-10-13-21(3)25(33)18-16-20(2)15-17-22(4)27(34)26-28(35)24(6)29(39-30(26)36)23(5)14-11-12-19-32-31(37)38-7/h8-9,12-13,15,17,19,23,25,33,35H,10-11,14,16,18H2,1-7H3,(H,32,37)/b9-8+,19-12+,20-15+,21-13-,22-17+/t23-,25?/m1/s1. The van der Waals surface area contributed by atoms with Gasteiger partial charge in [-0.25, -0.2) is 9.59 Å². The predicted octanol–water partition coefficient (Wildman–Crippen LogP) is 6.54. The van der Waals surface area contributed by atoms with E-state index in [-0.39, 0.29) is 22.8 Å². The number of amides is 1. The van der Waals surface area contributed by atoms with E-state index in [0.717, 1.165) is 17.6 Å². The van der Waals surface area contributed by atoms with E-state index in [9.17, 15) is 24.6 Å². The summed E-state index contributed by atoms with van der Waals surface area (Å²) in [5.74, 6) is -0.881. The Kier molecular flexibility index (Phi) is 14.6. The smallest absolute Gasteiger partial charge is 0.410 e. The summed E-state index contributed by atoms with van der Waals surface area (Å²) in [5, 5.41) is 23.5. The van der Waals surface area contributed by atoms with Crippen LogP contribution in [0.1, 0.15) is 94.3 Å². The molecule has 0 aliphatic heterocycles. The first-order valence-corrected chi connectivity index (χ1v) is 13.1. The van der Waals surface area contributed by atoms with Crippen molar-refractivity contribution in [2.75, 3.05) is 7.11 Å². The zero-order valence-corrected chi connectivity index (χ0v) is 24.2. The minimum Gasteiger partial charge on any atom is -0.506 e. The van der Waals surface area contributed by atoms with Crippen LogP contribution >= 0.6 is 0 Å². The number of nitrogens with one attached hydrogen (secondary N) is 1. The lowest BCUT2D eigenvalue weighted by Crippen LogP contribution is -2.18. The van der Waals surface area contributed by atoms with Crippen molar-refractivity contribution in [2.24, 2.45) is 0 Å². The maximum absolute atomic E-state index is 13.0. The molecule has 0 aliphatic rings. The van der Waals surface area contributed by atoms with E-state index in [4.69, 9.17) is 4.42 Å². The van der Waals surface area contributed by atoms with Crippen LogP contribution in [0.4, 0.5) is 4.79 Å². The first-order chi connectivity index (χ1) is 18.4. The summed E-state index contributed by atoms with van der Waals surface area (Å²) in [6.45, 7) is 10.8. The molecule has 1 rings (SSSR count). The maximum Gasteiger partial charge on any atom is 0.410 e. The first-order valence-electron chi connectivity index (χ1n) is 13.1.